The summed E-state index contributed by atoms with van der Waals surface area (Å²) < 4.78 is 0. The average Bonchev–Trinajstić information content (AvgIpc) is 1.96. The van der Waals surface area contributed by atoms with Crippen LogP contribution in [0.4, 0.5) is 0 Å². The first-order chi connectivity index (χ1) is 5.65. The lowest BCUT2D eigenvalue weighted by molar-refractivity contribution is 0.443. The molecule has 0 spiro atoms. The first-order valence-corrected chi connectivity index (χ1v) is 4.07. The molecule has 12 heavy (non-hydrogen) atoms. The molecule has 1 aromatic heterocycles. The van der Waals surface area contributed by atoms with Gasteiger partial charge in [0.05, 0.1) is 0 Å². The first-order valence-electron chi connectivity index (χ1n) is 4.07. The van der Waals surface area contributed by atoms with Crippen LogP contribution in [0.2, 0.25) is 0 Å². The number of hydrogen-bond donors (Lipinski definition) is 2. The summed E-state index contributed by atoms with van der Waals surface area (Å²) in [5.74, 6) is 0.0156. The van der Waals surface area contributed by atoms with Crippen LogP contribution in [-0.4, -0.2) is 10.1 Å². The number of aromatic amines is 1. The maximum absolute atomic E-state index is 10.9. The molecular formula is C9H13NO2. The van der Waals surface area contributed by atoms with E-state index in [0.29, 0.717) is 0 Å². The molecule has 1 aromatic rings. The van der Waals surface area contributed by atoms with Gasteiger partial charge in [0.2, 0.25) is 0 Å². The van der Waals surface area contributed by atoms with Gasteiger partial charge in [-0.3, -0.25) is 9.78 Å². The normalized spacial score (nSPS) is 10.2. The van der Waals surface area contributed by atoms with E-state index in [2.05, 4.69) is 4.98 Å². The number of aromatic nitrogens is 1. The van der Waals surface area contributed by atoms with Crippen molar-refractivity contribution in [2.24, 2.45) is 0 Å². The minimum absolute atomic E-state index is 0.0156. The van der Waals surface area contributed by atoms with Gasteiger partial charge in [-0.2, -0.15) is 0 Å². The average molecular weight is 167 g/mol. The summed E-state index contributed by atoms with van der Waals surface area (Å²) in [6, 6.07) is 1.50. The van der Waals surface area contributed by atoms with Crippen LogP contribution >= 0.6 is 0 Å². The highest BCUT2D eigenvalue weighted by atomic mass is 16.3. The fraction of sp³-hybridized carbons (Fsp3) is 0.444. The lowest BCUT2D eigenvalue weighted by Crippen LogP contribution is -2.07. The van der Waals surface area contributed by atoms with E-state index in [1.54, 1.807) is 0 Å². The summed E-state index contributed by atoms with van der Waals surface area (Å²) in [5.41, 5.74) is 1.46. The second-order valence-electron chi connectivity index (χ2n) is 2.89. The van der Waals surface area contributed by atoms with Gasteiger partial charge in [-0.05, 0) is 18.9 Å². The predicted molar refractivity (Wildman–Crippen MR) is 47.5 cm³/mol. The van der Waals surface area contributed by atoms with E-state index in [4.69, 9.17) is 0 Å². The molecule has 1 heterocycles. The summed E-state index contributed by atoms with van der Waals surface area (Å²) in [4.78, 5) is 13.2. The van der Waals surface area contributed by atoms with E-state index in [9.17, 15) is 9.90 Å². The Balaban J connectivity index is 3.18. The zero-order valence-electron chi connectivity index (χ0n) is 7.35. The van der Waals surface area contributed by atoms with Crippen molar-refractivity contribution in [2.45, 2.75) is 26.7 Å². The molecule has 0 fully saturated rings. The third-order valence-corrected chi connectivity index (χ3v) is 1.85. The Morgan fingerprint density at radius 2 is 2.25 bits per heavy atom. The van der Waals surface area contributed by atoms with Crippen molar-refractivity contribution in [3.8, 4) is 5.88 Å². The van der Waals surface area contributed by atoms with E-state index in [-0.39, 0.29) is 11.4 Å². The van der Waals surface area contributed by atoms with E-state index in [1.807, 2.05) is 13.8 Å². The molecule has 0 aliphatic heterocycles. The molecule has 0 saturated carbocycles. The Morgan fingerprint density at radius 1 is 1.58 bits per heavy atom. The Labute approximate surface area is 71.1 Å². The Kier molecular flexibility index (Phi) is 2.53. The van der Waals surface area contributed by atoms with E-state index in [0.717, 1.165) is 24.0 Å². The predicted octanol–water partition coefficient (Wildman–Crippen LogP) is 1.34. The van der Waals surface area contributed by atoms with Gasteiger partial charge in [0.25, 0.3) is 5.56 Å². The lowest BCUT2D eigenvalue weighted by atomic mass is 10.1. The van der Waals surface area contributed by atoms with Crippen molar-refractivity contribution in [2.75, 3.05) is 0 Å². The molecule has 0 unspecified atom stereocenters. The second kappa shape index (κ2) is 3.43. The van der Waals surface area contributed by atoms with E-state index < -0.39 is 0 Å². The number of rotatable bonds is 2. The molecule has 0 aromatic carbocycles. The zero-order chi connectivity index (χ0) is 9.14. The first kappa shape index (κ1) is 8.84. The van der Waals surface area contributed by atoms with Crippen LogP contribution in [0.5, 0.6) is 5.88 Å². The molecule has 0 saturated heterocycles. The summed E-state index contributed by atoms with van der Waals surface area (Å²) in [6.45, 7) is 3.87. The minimum atomic E-state index is -0.246. The van der Waals surface area contributed by atoms with Gasteiger partial charge in [-0.25, -0.2) is 0 Å². The maximum Gasteiger partial charge on any atom is 0.250 e. The van der Waals surface area contributed by atoms with Crippen molar-refractivity contribution in [1.82, 2.24) is 4.98 Å². The molecule has 3 nitrogen and oxygen atoms in total. The molecule has 3 heteroatoms. The molecule has 0 amide bonds. The molecule has 0 bridgehead atoms. The van der Waals surface area contributed by atoms with Crippen molar-refractivity contribution < 1.29 is 5.11 Å². The summed E-state index contributed by atoms with van der Waals surface area (Å²) in [5, 5.41) is 9.35. The van der Waals surface area contributed by atoms with Gasteiger partial charge in [0.1, 0.15) is 0 Å². The highest BCUT2D eigenvalue weighted by Crippen LogP contribution is 2.16. The highest BCUT2D eigenvalue weighted by Gasteiger charge is 2.04. The van der Waals surface area contributed by atoms with Crippen LogP contribution < -0.4 is 5.56 Å². The smallest absolute Gasteiger partial charge is 0.250 e. The highest BCUT2D eigenvalue weighted by molar-refractivity contribution is 5.32. The number of pyridine rings is 1. The molecule has 2 N–H and O–H groups in total. The Hall–Kier alpha value is -1.25. The fourth-order valence-corrected chi connectivity index (χ4v) is 1.26. The number of aryl methyl sites for hydroxylation is 1. The molecule has 0 radical (unpaired) electrons. The lowest BCUT2D eigenvalue weighted by Gasteiger charge is -2.04. The monoisotopic (exact) mass is 167 g/mol. The minimum Gasteiger partial charge on any atom is -0.494 e. The molecule has 66 valence electrons. The third kappa shape index (κ3) is 1.67. The Bertz CT molecular complexity index is 302. The van der Waals surface area contributed by atoms with Crippen molar-refractivity contribution in [1.29, 1.82) is 0 Å². The van der Waals surface area contributed by atoms with E-state index >= 15 is 0 Å². The van der Waals surface area contributed by atoms with Crippen LogP contribution in [0.3, 0.4) is 0 Å². The fourth-order valence-electron chi connectivity index (χ4n) is 1.26. The number of hydrogen-bond acceptors (Lipinski definition) is 2. The van der Waals surface area contributed by atoms with Gasteiger partial charge in [-0.1, -0.05) is 13.3 Å². The van der Waals surface area contributed by atoms with Gasteiger partial charge in [0.15, 0.2) is 5.88 Å². The molecule has 0 aliphatic carbocycles. The Morgan fingerprint density at radius 3 is 2.75 bits per heavy atom. The number of H-pyrrole nitrogens is 1. The van der Waals surface area contributed by atoms with Crippen LogP contribution in [0.1, 0.15) is 24.5 Å². The molecular weight excluding hydrogens is 154 g/mol. The third-order valence-electron chi connectivity index (χ3n) is 1.85. The van der Waals surface area contributed by atoms with Gasteiger partial charge < -0.3 is 5.11 Å². The van der Waals surface area contributed by atoms with Gasteiger partial charge >= 0.3 is 0 Å². The van der Waals surface area contributed by atoms with Gasteiger partial charge in [0, 0.05) is 11.6 Å². The van der Waals surface area contributed by atoms with Crippen LogP contribution in [0, 0.1) is 6.92 Å². The zero-order valence-corrected chi connectivity index (χ0v) is 7.35. The molecule has 1 rings (SSSR count). The summed E-state index contributed by atoms with van der Waals surface area (Å²) in [6.07, 6.45) is 1.76. The number of nitrogens with one attached hydrogen (secondary N) is 1. The van der Waals surface area contributed by atoms with Crippen molar-refractivity contribution in [3.05, 3.63) is 27.5 Å². The quantitative estimate of drug-likeness (QED) is 0.698. The van der Waals surface area contributed by atoms with Gasteiger partial charge in [-0.15, -0.1) is 0 Å². The standard InChI is InChI=1S/C9H13NO2/c1-3-4-7-6(2)5-8(11)10-9(7)12/h5H,3-4H2,1-2H3,(H2,10,11,12). The van der Waals surface area contributed by atoms with Crippen LogP contribution in [0.15, 0.2) is 10.9 Å². The summed E-state index contributed by atoms with van der Waals surface area (Å²) >= 11 is 0. The maximum atomic E-state index is 10.9. The largest absolute Gasteiger partial charge is 0.494 e. The topological polar surface area (TPSA) is 53.1 Å². The van der Waals surface area contributed by atoms with Crippen molar-refractivity contribution >= 4 is 0 Å². The molecule has 0 aliphatic rings. The SMILES string of the molecule is CCCc1c(C)cc(=O)[nH]c1O. The molecule has 0 atom stereocenters. The summed E-state index contributed by atoms with van der Waals surface area (Å²) in [7, 11) is 0. The van der Waals surface area contributed by atoms with E-state index in [1.165, 1.54) is 6.07 Å². The second-order valence-corrected chi connectivity index (χ2v) is 2.89. The van der Waals surface area contributed by atoms with Crippen LogP contribution in [0.25, 0.3) is 0 Å². The van der Waals surface area contributed by atoms with Crippen LogP contribution in [-0.2, 0) is 6.42 Å². The number of aromatic hydroxyl groups is 1. The van der Waals surface area contributed by atoms with Crippen molar-refractivity contribution in [3.63, 3.8) is 0 Å².